The van der Waals surface area contributed by atoms with Gasteiger partial charge in [-0.3, -0.25) is 0 Å². The molecule has 1 aromatic heterocycles. The van der Waals surface area contributed by atoms with Crippen molar-refractivity contribution in [2.45, 2.75) is 0 Å². The minimum Gasteiger partial charge on any atom is -0.508 e. The second kappa shape index (κ2) is 3.59. The number of aromatic hydroxyl groups is 1. The van der Waals surface area contributed by atoms with Crippen LogP contribution in [0.2, 0.25) is 0 Å². The van der Waals surface area contributed by atoms with Crippen molar-refractivity contribution in [2.24, 2.45) is 0 Å². The monoisotopic (exact) mass is 304 g/mol. The lowest BCUT2D eigenvalue weighted by molar-refractivity contribution is 0.475. The zero-order valence-corrected chi connectivity index (χ0v) is 9.41. The Hall–Kier alpha value is -0.690. The molecule has 0 aliphatic heterocycles. The molecule has 0 saturated heterocycles. The van der Waals surface area contributed by atoms with Crippen LogP contribution in [0, 0.1) is 3.01 Å². The van der Waals surface area contributed by atoms with Gasteiger partial charge in [-0.15, -0.1) is 10.2 Å². The Morgan fingerprint density at radius 3 is 2.77 bits per heavy atom. The van der Waals surface area contributed by atoms with Gasteiger partial charge in [0.15, 0.2) is 3.01 Å². The van der Waals surface area contributed by atoms with Gasteiger partial charge in [0.1, 0.15) is 10.8 Å². The Bertz CT molecular complexity index is 430. The molecule has 0 aliphatic carbocycles. The van der Waals surface area contributed by atoms with E-state index < -0.39 is 0 Å². The number of aromatic nitrogens is 2. The third-order valence-electron chi connectivity index (χ3n) is 1.49. The van der Waals surface area contributed by atoms with Crippen molar-refractivity contribution in [1.82, 2.24) is 10.2 Å². The highest BCUT2D eigenvalue weighted by Crippen LogP contribution is 2.26. The third-order valence-corrected chi connectivity index (χ3v) is 3.13. The second-order valence-corrected chi connectivity index (χ2v) is 5.14. The first-order valence-corrected chi connectivity index (χ1v) is 5.43. The topological polar surface area (TPSA) is 46.0 Å². The molecule has 0 aliphatic rings. The van der Waals surface area contributed by atoms with E-state index in [4.69, 9.17) is 0 Å². The molecule has 2 rings (SSSR count). The molecule has 0 fully saturated rings. The second-order valence-electron chi connectivity index (χ2n) is 2.41. The largest absolute Gasteiger partial charge is 0.508 e. The molecule has 0 bridgehead atoms. The highest BCUT2D eigenvalue weighted by molar-refractivity contribution is 14.1. The molecule has 0 unspecified atom stereocenters. The zero-order valence-electron chi connectivity index (χ0n) is 6.44. The summed E-state index contributed by atoms with van der Waals surface area (Å²) in [5, 5.41) is 17.9. The Kier molecular flexibility index (Phi) is 2.45. The summed E-state index contributed by atoms with van der Waals surface area (Å²) in [6.07, 6.45) is 0. The highest BCUT2D eigenvalue weighted by atomic mass is 127. The van der Waals surface area contributed by atoms with E-state index >= 15 is 0 Å². The van der Waals surface area contributed by atoms with Crippen molar-refractivity contribution >= 4 is 33.9 Å². The van der Waals surface area contributed by atoms with Crippen molar-refractivity contribution in [1.29, 1.82) is 0 Å². The molecule has 66 valence electrons. The van der Waals surface area contributed by atoms with Crippen LogP contribution in [0.15, 0.2) is 24.3 Å². The molecular weight excluding hydrogens is 299 g/mol. The van der Waals surface area contributed by atoms with Crippen LogP contribution in [-0.4, -0.2) is 15.3 Å². The lowest BCUT2D eigenvalue weighted by Crippen LogP contribution is -1.75. The molecule has 2 aromatic rings. The number of halogens is 1. The summed E-state index contributed by atoms with van der Waals surface area (Å²) in [5.74, 6) is 0.253. The van der Waals surface area contributed by atoms with Crippen LogP contribution in [0.1, 0.15) is 0 Å². The fourth-order valence-corrected chi connectivity index (χ4v) is 2.26. The predicted octanol–water partition coefficient (Wildman–Crippen LogP) is 2.52. The molecule has 0 atom stereocenters. The third kappa shape index (κ3) is 1.97. The average molecular weight is 304 g/mol. The van der Waals surface area contributed by atoms with Crippen LogP contribution in [-0.2, 0) is 0 Å². The van der Waals surface area contributed by atoms with Gasteiger partial charge in [-0.05, 0) is 34.7 Å². The summed E-state index contributed by atoms with van der Waals surface area (Å²) >= 11 is 3.62. The lowest BCUT2D eigenvalue weighted by atomic mass is 10.2. The minimum absolute atomic E-state index is 0.253. The first-order valence-electron chi connectivity index (χ1n) is 3.54. The van der Waals surface area contributed by atoms with E-state index in [2.05, 4.69) is 32.8 Å². The van der Waals surface area contributed by atoms with Gasteiger partial charge >= 0.3 is 0 Å². The normalized spacial score (nSPS) is 10.2. The maximum atomic E-state index is 9.24. The van der Waals surface area contributed by atoms with E-state index in [0.717, 1.165) is 13.6 Å². The van der Waals surface area contributed by atoms with Crippen LogP contribution < -0.4 is 0 Å². The van der Waals surface area contributed by atoms with Gasteiger partial charge in [0.25, 0.3) is 0 Å². The van der Waals surface area contributed by atoms with E-state index in [1.807, 2.05) is 6.07 Å². The molecule has 1 N–H and O–H groups in total. The number of hydrogen-bond donors (Lipinski definition) is 1. The molecule has 0 spiro atoms. The minimum atomic E-state index is 0.253. The maximum absolute atomic E-state index is 9.24. The number of rotatable bonds is 1. The Morgan fingerprint density at radius 1 is 1.31 bits per heavy atom. The Balaban J connectivity index is 2.46. The molecule has 3 nitrogen and oxygen atoms in total. The predicted molar refractivity (Wildman–Crippen MR) is 59.7 cm³/mol. The van der Waals surface area contributed by atoms with Crippen molar-refractivity contribution < 1.29 is 5.11 Å². The van der Waals surface area contributed by atoms with E-state index in [9.17, 15) is 5.11 Å². The van der Waals surface area contributed by atoms with E-state index in [-0.39, 0.29) is 5.75 Å². The van der Waals surface area contributed by atoms with Crippen LogP contribution in [0.25, 0.3) is 10.6 Å². The quantitative estimate of drug-likeness (QED) is 0.824. The maximum Gasteiger partial charge on any atom is 0.178 e. The molecule has 0 radical (unpaired) electrons. The van der Waals surface area contributed by atoms with Crippen LogP contribution in [0.3, 0.4) is 0 Å². The van der Waals surface area contributed by atoms with E-state index in [1.54, 1.807) is 18.2 Å². The number of phenols is 1. The standard InChI is InChI=1S/C8H5IN2OS/c9-8-11-10-7(13-8)5-2-1-3-6(12)4-5/h1-4,12H. The number of nitrogens with zero attached hydrogens (tertiary/aromatic N) is 2. The van der Waals surface area contributed by atoms with Gasteiger partial charge in [-0.2, -0.15) is 0 Å². The van der Waals surface area contributed by atoms with Gasteiger partial charge in [-0.25, -0.2) is 0 Å². The summed E-state index contributed by atoms with van der Waals surface area (Å²) in [5.41, 5.74) is 0.903. The lowest BCUT2D eigenvalue weighted by Gasteiger charge is -1.94. The average Bonchev–Trinajstić information content (AvgIpc) is 2.52. The van der Waals surface area contributed by atoms with Gasteiger partial charge < -0.3 is 5.11 Å². The van der Waals surface area contributed by atoms with Crippen LogP contribution in [0.4, 0.5) is 0 Å². The molecular formula is C8H5IN2OS. The van der Waals surface area contributed by atoms with Gasteiger partial charge in [0.05, 0.1) is 0 Å². The molecule has 1 aromatic carbocycles. The Labute approximate surface area is 92.6 Å². The van der Waals surface area contributed by atoms with Gasteiger partial charge in [0, 0.05) is 5.56 Å². The van der Waals surface area contributed by atoms with Crippen molar-refractivity contribution in [3.63, 3.8) is 0 Å². The summed E-state index contributed by atoms with van der Waals surface area (Å²) in [6.45, 7) is 0. The number of phenolic OH excluding ortho intramolecular Hbond substituents is 1. The van der Waals surface area contributed by atoms with E-state index in [1.165, 1.54) is 11.3 Å². The van der Waals surface area contributed by atoms with Crippen LogP contribution in [0.5, 0.6) is 5.75 Å². The van der Waals surface area contributed by atoms with Crippen LogP contribution >= 0.6 is 33.9 Å². The zero-order chi connectivity index (χ0) is 9.26. The summed E-state index contributed by atoms with van der Waals surface area (Å²) < 4.78 is 0.899. The fourth-order valence-electron chi connectivity index (χ4n) is 0.961. The molecule has 0 amide bonds. The van der Waals surface area contributed by atoms with Crippen molar-refractivity contribution in [2.75, 3.05) is 0 Å². The first kappa shape index (κ1) is 8.89. The molecule has 0 saturated carbocycles. The molecule has 13 heavy (non-hydrogen) atoms. The first-order chi connectivity index (χ1) is 6.25. The Morgan fingerprint density at radius 2 is 2.15 bits per heavy atom. The summed E-state index contributed by atoms with van der Waals surface area (Å²) in [4.78, 5) is 0. The smallest absolute Gasteiger partial charge is 0.178 e. The van der Waals surface area contributed by atoms with Gasteiger partial charge in [-0.1, -0.05) is 23.5 Å². The van der Waals surface area contributed by atoms with Crippen molar-refractivity contribution in [3.8, 4) is 16.3 Å². The highest BCUT2D eigenvalue weighted by Gasteiger charge is 2.04. The molecule has 5 heteroatoms. The van der Waals surface area contributed by atoms with E-state index in [0.29, 0.717) is 0 Å². The SMILES string of the molecule is Oc1cccc(-c2nnc(I)s2)c1. The van der Waals surface area contributed by atoms with Crippen molar-refractivity contribution in [3.05, 3.63) is 27.3 Å². The molecule has 1 heterocycles. The summed E-state index contributed by atoms with van der Waals surface area (Å²) in [7, 11) is 0. The summed E-state index contributed by atoms with van der Waals surface area (Å²) in [6, 6.07) is 7.00. The van der Waals surface area contributed by atoms with Gasteiger partial charge in [0.2, 0.25) is 0 Å². The number of hydrogen-bond acceptors (Lipinski definition) is 4. The fraction of sp³-hybridized carbons (Fsp3) is 0. The number of benzene rings is 1.